The number of esters is 1. The number of anilines is 1. The zero-order valence-corrected chi connectivity index (χ0v) is 7.43. The fourth-order valence-electron chi connectivity index (χ4n) is 0.624. The average molecular weight is 187 g/mol. The predicted molar refractivity (Wildman–Crippen MR) is 45.0 cm³/mol. The normalized spacial score (nSPS) is 9.42. The van der Waals surface area contributed by atoms with Crippen molar-refractivity contribution in [3.05, 3.63) is 5.51 Å². The number of ether oxygens (including phenoxy) is 1. The summed E-state index contributed by atoms with van der Waals surface area (Å²) in [6.45, 7) is 0.530. The Morgan fingerprint density at radius 2 is 2.67 bits per heavy atom. The Balaban J connectivity index is 2.15. The maximum atomic E-state index is 10.6. The molecule has 0 spiro atoms. The van der Waals surface area contributed by atoms with Crippen molar-refractivity contribution in [2.75, 3.05) is 19.0 Å². The van der Waals surface area contributed by atoms with Gasteiger partial charge in [-0.25, -0.2) is 0 Å². The van der Waals surface area contributed by atoms with E-state index in [1.807, 2.05) is 0 Å². The highest BCUT2D eigenvalue weighted by Gasteiger charge is 1.99. The molecule has 0 amide bonds. The minimum absolute atomic E-state index is 0.230. The Kier molecular flexibility index (Phi) is 3.46. The lowest BCUT2D eigenvalue weighted by Crippen LogP contribution is -2.09. The van der Waals surface area contributed by atoms with E-state index in [4.69, 9.17) is 0 Å². The van der Waals surface area contributed by atoms with Gasteiger partial charge in [-0.15, -0.1) is 10.2 Å². The number of carbonyl (C=O) groups excluding carboxylic acids is 1. The summed E-state index contributed by atoms with van der Waals surface area (Å²) in [6, 6.07) is 0. The molecule has 0 aromatic carbocycles. The molecule has 0 aliphatic heterocycles. The van der Waals surface area contributed by atoms with Gasteiger partial charge in [0.15, 0.2) is 0 Å². The Labute approximate surface area is 73.8 Å². The summed E-state index contributed by atoms with van der Waals surface area (Å²) in [5.41, 5.74) is 1.63. The van der Waals surface area contributed by atoms with Crippen molar-refractivity contribution in [2.24, 2.45) is 0 Å². The Bertz CT molecular complexity index is 237. The van der Waals surface area contributed by atoms with E-state index in [-0.39, 0.29) is 5.97 Å². The van der Waals surface area contributed by atoms with Crippen LogP contribution in [0.15, 0.2) is 5.51 Å². The number of hydrogen-bond acceptors (Lipinski definition) is 6. The first-order valence-electron chi connectivity index (χ1n) is 3.40. The van der Waals surface area contributed by atoms with Gasteiger partial charge in [-0.3, -0.25) is 4.79 Å². The summed E-state index contributed by atoms with van der Waals surface area (Å²) in [4.78, 5) is 10.6. The average Bonchev–Trinajstić information content (AvgIpc) is 2.57. The monoisotopic (exact) mass is 187 g/mol. The molecule has 0 saturated carbocycles. The van der Waals surface area contributed by atoms with Gasteiger partial charge in [0.25, 0.3) is 0 Å². The standard InChI is InChI=1S/C6H9N3O2S/c1-11-5(10)2-3-7-6-9-8-4-12-6/h4H,2-3H2,1H3,(H,7,9). The van der Waals surface area contributed by atoms with E-state index < -0.39 is 0 Å². The SMILES string of the molecule is COC(=O)CCNc1nncs1. The molecule has 0 aliphatic carbocycles. The van der Waals surface area contributed by atoms with E-state index in [9.17, 15) is 4.79 Å². The molecule has 0 unspecified atom stereocenters. The van der Waals surface area contributed by atoms with Crippen molar-refractivity contribution < 1.29 is 9.53 Å². The van der Waals surface area contributed by atoms with Crippen LogP contribution in [0.5, 0.6) is 0 Å². The molecule has 1 heterocycles. The molecule has 0 atom stereocenters. The van der Waals surface area contributed by atoms with Crippen LogP contribution in [0.3, 0.4) is 0 Å². The number of hydrogen-bond donors (Lipinski definition) is 1. The summed E-state index contributed by atoms with van der Waals surface area (Å²) >= 11 is 1.40. The Hall–Kier alpha value is -1.17. The van der Waals surface area contributed by atoms with E-state index in [1.54, 1.807) is 5.51 Å². The van der Waals surface area contributed by atoms with Crippen LogP contribution < -0.4 is 5.32 Å². The number of nitrogens with one attached hydrogen (secondary N) is 1. The lowest BCUT2D eigenvalue weighted by molar-refractivity contribution is -0.140. The van der Waals surface area contributed by atoms with Gasteiger partial charge in [-0.05, 0) is 0 Å². The minimum atomic E-state index is -0.230. The van der Waals surface area contributed by atoms with Gasteiger partial charge in [0.2, 0.25) is 5.13 Å². The van der Waals surface area contributed by atoms with Gasteiger partial charge >= 0.3 is 5.97 Å². The molecule has 6 heteroatoms. The van der Waals surface area contributed by atoms with Crippen LogP contribution in [0, 0.1) is 0 Å². The summed E-state index contributed by atoms with van der Waals surface area (Å²) in [5, 5.41) is 11.0. The lowest BCUT2D eigenvalue weighted by atomic mass is 10.4. The highest BCUT2D eigenvalue weighted by atomic mass is 32.1. The molecule has 0 bridgehead atoms. The highest BCUT2D eigenvalue weighted by molar-refractivity contribution is 7.13. The molecule has 1 aromatic rings. The van der Waals surface area contributed by atoms with E-state index >= 15 is 0 Å². The minimum Gasteiger partial charge on any atom is -0.469 e. The molecule has 66 valence electrons. The maximum Gasteiger partial charge on any atom is 0.307 e. The molecule has 0 saturated heterocycles. The Morgan fingerprint density at radius 3 is 3.25 bits per heavy atom. The second-order valence-corrected chi connectivity index (χ2v) is 2.83. The molecule has 5 nitrogen and oxygen atoms in total. The maximum absolute atomic E-state index is 10.6. The van der Waals surface area contributed by atoms with E-state index in [1.165, 1.54) is 18.4 Å². The van der Waals surface area contributed by atoms with Gasteiger partial charge in [-0.2, -0.15) is 0 Å². The van der Waals surface area contributed by atoms with Crippen LogP contribution in [0.25, 0.3) is 0 Å². The van der Waals surface area contributed by atoms with Crippen molar-refractivity contribution in [1.29, 1.82) is 0 Å². The van der Waals surface area contributed by atoms with Crippen molar-refractivity contribution in [3.63, 3.8) is 0 Å². The summed E-state index contributed by atoms with van der Waals surface area (Å²) < 4.78 is 4.46. The third kappa shape index (κ3) is 2.83. The van der Waals surface area contributed by atoms with Gasteiger partial charge in [-0.1, -0.05) is 11.3 Å². The number of rotatable bonds is 4. The van der Waals surface area contributed by atoms with Crippen LogP contribution in [0.1, 0.15) is 6.42 Å². The molecule has 1 aromatic heterocycles. The van der Waals surface area contributed by atoms with E-state index in [0.29, 0.717) is 13.0 Å². The van der Waals surface area contributed by atoms with Gasteiger partial charge < -0.3 is 10.1 Å². The molecule has 1 rings (SSSR count). The Morgan fingerprint density at radius 1 is 1.83 bits per heavy atom. The quantitative estimate of drug-likeness (QED) is 0.696. The van der Waals surface area contributed by atoms with Crippen molar-refractivity contribution >= 4 is 22.4 Å². The number of aromatic nitrogens is 2. The smallest absolute Gasteiger partial charge is 0.307 e. The third-order valence-electron chi connectivity index (χ3n) is 1.19. The zero-order chi connectivity index (χ0) is 8.81. The molecule has 0 radical (unpaired) electrons. The van der Waals surface area contributed by atoms with E-state index in [0.717, 1.165) is 5.13 Å². The highest BCUT2D eigenvalue weighted by Crippen LogP contribution is 2.07. The molecule has 0 fully saturated rings. The molecule has 12 heavy (non-hydrogen) atoms. The largest absolute Gasteiger partial charge is 0.469 e. The van der Waals surface area contributed by atoms with Gasteiger partial charge in [0.1, 0.15) is 5.51 Å². The van der Waals surface area contributed by atoms with Crippen molar-refractivity contribution in [1.82, 2.24) is 10.2 Å². The molecule has 0 aliphatic rings. The summed E-state index contributed by atoms with van der Waals surface area (Å²) in [6.07, 6.45) is 0.343. The second-order valence-electron chi connectivity index (χ2n) is 2.00. The predicted octanol–water partition coefficient (Wildman–Crippen LogP) is 0.513. The van der Waals surface area contributed by atoms with Crippen LogP contribution in [-0.2, 0) is 9.53 Å². The summed E-state index contributed by atoms with van der Waals surface area (Å²) in [5.74, 6) is -0.230. The fourth-order valence-corrected chi connectivity index (χ4v) is 1.10. The van der Waals surface area contributed by atoms with E-state index in [2.05, 4.69) is 20.3 Å². The number of nitrogens with zero attached hydrogens (tertiary/aromatic N) is 2. The third-order valence-corrected chi connectivity index (χ3v) is 1.84. The van der Waals surface area contributed by atoms with Crippen molar-refractivity contribution in [3.8, 4) is 0 Å². The van der Waals surface area contributed by atoms with Crippen LogP contribution in [0.2, 0.25) is 0 Å². The zero-order valence-electron chi connectivity index (χ0n) is 6.61. The summed E-state index contributed by atoms with van der Waals surface area (Å²) in [7, 11) is 1.37. The van der Waals surface area contributed by atoms with Crippen LogP contribution >= 0.6 is 11.3 Å². The first-order chi connectivity index (χ1) is 5.83. The first kappa shape index (κ1) is 8.92. The topological polar surface area (TPSA) is 64.1 Å². The van der Waals surface area contributed by atoms with Crippen LogP contribution in [0.4, 0.5) is 5.13 Å². The first-order valence-corrected chi connectivity index (χ1v) is 4.27. The van der Waals surface area contributed by atoms with Crippen molar-refractivity contribution in [2.45, 2.75) is 6.42 Å². The van der Waals surface area contributed by atoms with Crippen LogP contribution in [-0.4, -0.2) is 29.8 Å². The molecular formula is C6H9N3O2S. The number of methoxy groups -OCH3 is 1. The molecule has 1 N–H and O–H groups in total. The van der Waals surface area contributed by atoms with Gasteiger partial charge in [0.05, 0.1) is 13.5 Å². The number of carbonyl (C=O) groups is 1. The lowest BCUT2D eigenvalue weighted by Gasteiger charge is -1.99. The van der Waals surface area contributed by atoms with Gasteiger partial charge in [0, 0.05) is 6.54 Å². The molecular weight excluding hydrogens is 178 g/mol. The second kappa shape index (κ2) is 4.66. The fraction of sp³-hybridized carbons (Fsp3) is 0.500.